The van der Waals surface area contributed by atoms with Crippen LogP contribution in [0.4, 0.5) is 8.78 Å². The van der Waals surface area contributed by atoms with E-state index in [0.29, 0.717) is 5.56 Å². The number of hydrogen-bond donors (Lipinski definition) is 1. The summed E-state index contributed by atoms with van der Waals surface area (Å²) in [6, 6.07) is 9.46. The SMILES string of the molecule is CCCNC(c1ccc(F)c(C)c1)c1cc(F)ccc1Br. The summed E-state index contributed by atoms with van der Waals surface area (Å²) in [6.07, 6.45) is 0.962. The van der Waals surface area contributed by atoms with Crippen molar-refractivity contribution in [1.29, 1.82) is 0 Å². The Morgan fingerprint density at radius 1 is 1.14 bits per heavy atom. The fraction of sp³-hybridized carbons (Fsp3) is 0.294. The lowest BCUT2D eigenvalue weighted by atomic mass is 9.97. The largest absolute Gasteiger partial charge is 0.306 e. The van der Waals surface area contributed by atoms with Gasteiger partial charge in [-0.1, -0.05) is 35.0 Å². The van der Waals surface area contributed by atoms with Crippen LogP contribution < -0.4 is 5.32 Å². The number of hydrogen-bond acceptors (Lipinski definition) is 1. The second-order valence-corrected chi connectivity index (χ2v) is 5.92. The molecule has 1 N–H and O–H groups in total. The molecule has 0 bridgehead atoms. The van der Waals surface area contributed by atoms with Crippen LogP contribution in [0.2, 0.25) is 0 Å². The number of halogens is 3. The molecule has 0 aromatic heterocycles. The Labute approximate surface area is 132 Å². The summed E-state index contributed by atoms with van der Waals surface area (Å²) in [5.41, 5.74) is 2.33. The second kappa shape index (κ2) is 7.14. The Hall–Kier alpha value is -1.26. The van der Waals surface area contributed by atoms with Gasteiger partial charge in [-0.25, -0.2) is 8.78 Å². The topological polar surface area (TPSA) is 12.0 Å². The van der Waals surface area contributed by atoms with E-state index in [-0.39, 0.29) is 17.7 Å². The zero-order valence-corrected chi connectivity index (χ0v) is 13.7. The minimum absolute atomic E-state index is 0.172. The molecule has 2 rings (SSSR count). The van der Waals surface area contributed by atoms with Crippen LogP contribution in [0.3, 0.4) is 0 Å². The highest BCUT2D eigenvalue weighted by atomic mass is 79.9. The van der Waals surface area contributed by atoms with Gasteiger partial charge in [0.2, 0.25) is 0 Å². The summed E-state index contributed by atoms with van der Waals surface area (Å²) in [5, 5.41) is 3.40. The van der Waals surface area contributed by atoms with E-state index in [0.717, 1.165) is 28.6 Å². The maximum atomic E-state index is 13.6. The Kier molecular flexibility index (Phi) is 5.48. The smallest absolute Gasteiger partial charge is 0.126 e. The highest BCUT2D eigenvalue weighted by molar-refractivity contribution is 9.10. The fourth-order valence-electron chi connectivity index (χ4n) is 2.28. The predicted octanol–water partition coefficient (Wildman–Crippen LogP) is 5.12. The van der Waals surface area contributed by atoms with Gasteiger partial charge < -0.3 is 5.32 Å². The quantitative estimate of drug-likeness (QED) is 0.785. The van der Waals surface area contributed by atoms with Crippen molar-refractivity contribution >= 4 is 15.9 Å². The van der Waals surface area contributed by atoms with Crippen LogP contribution in [0.5, 0.6) is 0 Å². The lowest BCUT2D eigenvalue weighted by Crippen LogP contribution is -2.24. The van der Waals surface area contributed by atoms with E-state index in [1.807, 2.05) is 0 Å². The third kappa shape index (κ3) is 3.89. The number of aryl methyl sites for hydroxylation is 1. The van der Waals surface area contributed by atoms with E-state index in [1.165, 1.54) is 18.2 Å². The van der Waals surface area contributed by atoms with Crippen molar-refractivity contribution in [2.24, 2.45) is 0 Å². The van der Waals surface area contributed by atoms with Crippen molar-refractivity contribution < 1.29 is 8.78 Å². The number of rotatable bonds is 5. The average Bonchev–Trinajstić information content (AvgIpc) is 2.46. The van der Waals surface area contributed by atoms with Gasteiger partial charge in [-0.15, -0.1) is 0 Å². The summed E-state index contributed by atoms with van der Waals surface area (Å²) in [5.74, 6) is -0.512. The van der Waals surface area contributed by atoms with Crippen LogP contribution in [0, 0.1) is 18.6 Å². The first-order chi connectivity index (χ1) is 10.0. The summed E-state index contributed by atoms with van der Waals surface area (Å²) in [6.45, 7) is 4.60. The second-order valence-electron chi connectivity index (χ2n) is 5.06. The molecule has 4 heteroatoms. The monoisotopic (exact) mass is 353 g/mol. The van der Waals surface area contributed by atoms with Crippen LogP contribution in [-0.4, -0.2) is 6.54 Å². The minimum Gasteiger partial charge on any atom is -0.306 e. The molecule has 112 valence electrons. The van der Waals surface area contributed by atoms with Gasteiger partial charge in [0.25, 0.3) is 0 Å². The molecule has 2 aromatic carbocycles. The number of nitrogens with one attached hydrogen (secondary N) is 1. The molecule has 21 heavy (non-hydrogen) atoms. The van der Waals surface area contributed by atoms with Crippen molar-refractivity contribution in [2.45, 2.75) is 26.3 Å². The van der Waals surface area contributed by atoms with Crippen molar-refractivity contribution in [2.75, 3.05) is 6.54 Å². The molecule has 0 saturated heterocycles. The molecule has 0 aliphatic carbocycles. The first-order valence-corrected chi connectivity index (χ1v) is 7.76. The highest BCUT2D eigenvalue weighted by Crippen LogP contribution is 2.30. The number of benzene rings is 2. The normalized spacial score (nSPS) is 12.4. The van der Waals surface area contributed by atoms with Crippen molar-refractivity contribution in [1.82, 2.24) is 5.32 Å². The van der Waals surface area contributed by atoms with Crippen LogP contribution >= 0.6 is 15.9 Å². The maximum Gasteiger partial charge on any atom is 0.126 e. The van der Waals surface area contributed by atoms with Gasteiger partial charge in [0.05, 0.1) is 6.04 Å². The summed E-state index contributed by atoms with van der Waals surface area (Å²) in [4.78, 5) is 0. The molecule has 1 nitrogen and oxygen atoms in total. The molecule has 0 radical (unpaired) electrons. The first kappa shape index (κ1) is 16.1. The van der Waals surface area contributed by atoms with Gasteiger partial charge in [0.15, 0.2) is 0 Å². The summed E-state index contributed by atoms with van der Waals surface area (Å²) < 4.78 is 27.9. The highest BCUT2D eigenvalue weighted by Gasteiger charge is 2.17. The molecule has 0 aliphatic heterocycles. The van der Waals surface area contributed by atoms with E-state index >= 15 is 0 Å². The van der Waals surface area contributed by atoms with Crippen LogP contribution in [0.15, 0.2) is 40.9 Å². The molecule has 0 aliphatic rings. The standard InChI is InChI=1S/C17H18BrF2N/c1-3-8-21-17(12-4-7-16(20)11(2)9-12)14-10-13(19)5-6-15(14)18/h4-7,9-10,17,21H,3,8H2,1-2H3. The Morgan fingerprint density at radius 2 is 1.90 bits per heavy atom. The van der Waals surface area contributed by atoms with E-state index < -0.39 is 0 Å². The molecule has 0 amide bonds. The Balaban J connectivity index is 2.46. The van der Waals surface area contributed by atoms with Gasteiger partial charge in [0, 0.05) is 4.47 Å². The predicted molar refractivity (Wildman–Crippen MR) is 85.4 cm³/mol. The molecule has 0 heterocycles. The first-order valence-electron chi connectivity index (χ1n) is 6.97. The molecular formula is C17H18BrF2N. The van der Waals surface area contributed by atoms with Crippen molar-refractivity contribution in [3.63, 3.8) is 0 Å². The molecule has 1 unspecified atom stereocenters. The fourth-order valence-corrected chi connectivity index (χ4v) is 2.75. The van der Waals surface area contributed by atoms with E-state index in [4.69, 9.17) is 0 Å². The van der Waals surface area contributed by atoms with Crippen molar-refractivity contribution in [3.8, 4) is 0 Å². The van der Waals surface area contributed by atoms with Crippen LogP contribution in [0.25, 0.3) is 0 Å². The Morgan fingerprint density at radius 3 is 2.57 bits per heavy atom. The lowest BCUT2D eigenvalue weighted by Gasteiger charge is -2.21. The van der Waals surface area contributed by atoms with E-state index in [9.17, 15) is 8.78 Å². The Bertz CT molecular complexity index is 628. The molecule has 0 spiro atoms. The summed E-state index contributed by atoms with van der Waals surface area (Å²) >= 11 is 3.47. The molecule has 2 aromatic rings. The molecular weight excluding hydrogens is 336 g/mol. The molecule has 0 fully saturated rings. The van der Waals surface area contributed by atoms with Gasteiger partial charge in [0.1, 0.15) is 11.6 Å². The van der Waals surface area contributed by atoms with E-state index in [2.05, 4.69) is 28.2 Å². The third-order valence-corrected chi connectivity index (χ3v) is 4.11. The maximum absolute atomic E-state index is 13.6. The van der Waals surface area contributed by atoms with Crippen molar-refractivity contribution in [3.05, 3.63) is 69.2 Å². The van der Waals surface area contributed by atoms with Gasteiger partial charge >= 0.3 is 0 Å². The van der Waals surface area contributed by atoms with E-state index in [1.54, 1.807) is 25.1 Å². The minimum atomic E-state index is -0.282. The zero-order chi connectivity index (χ0) is 15.4. The zero-order valence-electron chi connectivity index (χ0n) is 12.1. The third-order valence-electron chi connectivity index (χ3n) is 3.38. The van der Waals surface area contributed by atoms with Crippen LogP contribution in [-0.2, 0) is 0 Å². The van der Waals surface area contributed by atoms with Gasteiger partial charge in [-0.2, -0.15) is 0 Å². The molecule has 1 atom stereocenters. The molecule has 0 saturated carbocycles. The summed E-state index contributed by atoms with van der Waals surface area (Å²) in [7, 11) is 0. The van der Waals surface area contributed by atoms with Gasteiger partial charge in [-0.05, 0) is 60.8 Å². The average molecular weight is 354 g/mol. The lowest BCUT2D eigenvalue weighted by molar-refractivity contribution is 0.579. The van der Waals surface area contributed by atoms with Crippen LogP contribution in [0.1, 0.15) is 36.1 Å². The van der Waals surface area contributed by atoms with Gasteiger partial charge in [-0.3, -0.25) is 0 Å².